The standard InChI is InChI=1S/C36H72N2/c1-4-7-10-13-14-15-16-17-18-19-20-21-22-23-24-25-28-31-36-37(32-29-26-11-8-5-2)34-35-38(36)33-30-27-12-9-6-3/h34-36H,4-33H2,1-3H3. The van der Waals surface area contributed by atoms with E-state index in [0.29, 0.717) is 6.17 Å². The van der Waals surface area contributed by atoms with Gasteiger partial charge in [-0.1, -0.05) is 175 Å². The van der Waals surface area contributed by atoms with Gasteiger partial charge in [0.2, 0.25) is 0 Å². The van der Waals surface area contributed by atoms with E-state index in [1.54, 1.807) is 0 Å². The fourth-order valence-corrected chi connectivity index (χ4v) is 6.19. The van der Waals surface area contributed by atoms with E-state index in [4.69, 9.17) is 0 Å². The minimum Gasteiger partial charge on any atom is -0.356 e. The summed E-state index contributed by atoms with van der Waals surface area (Å²) in [6.07, 6.45) is 45.5. The molecule has 0 radical (unpaired) electrons. The highest BCUT2D eigenvalue weighted by Crippen LogP contribution is 2.24. The first-order chi connectivity index (χ1) is 18.8. The molecule has 0 aromatic heterocycles. The fraction of sp³-hybridized carbons (Fsp3) is 0.944. The third kappa shape index (κ3) is 20.3. The molecule has 0 amide bonds. The first-order valence-corrected chi connectivity index (χ1v) is 18.0. The molecule has 0 atom stereocenters. The average molecular weight is 533 g/mol. The van der Waals surface area contributed by atoms with Gasteiger partial charge >= 0.3 is 0 Å². The number of unbranched alkanes of at least 4 members (excludes halogenated alkanes) is 24. The van der Waals surface area contributed by atoms with Crippen molar-refractivity contribution in [1.29, 1.82) is 0 Å². The highest BCUT2D eigenvalue weighted by Gasteiger charge is 2.24. The summed E-state index contributed by atoms with van der Waals surface area (Å²) in [5.74, 6) is 0. The summed E-state index contributed by atoms with van der Waals surface area (Å²) in [4.78, 5) is 5.37. The van der Waals surface area contributed by atoms with Crippen molar-refractivity contribution in [3.05, 3.63) is 12.4 Å². The summed E-state index contributed by atoms with van der Waals surface area (Å²) in [6, 6.07) is 0. The van der Waals surface area contributed by atoms with E-state index in [2.05, 4.69) is 43.0 Å². The predicted octanol–water partition coefficient (Wildman–Crippen LogP) is 12.4. The molecule has 0 spiro atoms. The van der Waals surface area contributed by atoms with Crippen molar-refractivity contribution in [2.75, 3.05) is 13.1 Å². The molecule has 1 aliphatic rings. The second kappa shape index (κ2) is 27.9. The van der Waals surface area contributed by atoms with Crippen molar-refractivity contribution in [1.82, 2.24) is 9.80 Å². The van der Waals surface area contributed by atoms with Gasteiger partial charge in [0, 0.05) is 25.5 Å². The van der Waals surface area contributed by atoms with Gasteiger partial charge in [0.05, 0.1) is 0 Å². The third-order valence-electron chi connectivity index (χ3n) is 8.82. The Balaban J connectivity index is 2.07. The van der Waals surface area contributed by atoms with E-state index >= 15 is 0 Å². The second-order valence-electron chi connectivity index (χ2n) is 12.5. The lowest BCUT2D eigenvalue weighted by Gasteiger charge is -2.33. The minimum absolute atomic E-state index is 0.642. The second-order valence-corrected chi connectivity index (χ2v) is 12.5. The van der Waals surface area contributed by atoms with Crippen LogP contribution in [0.2, 0.25) is 0 Å². The SMILES string of the molecule is CCCCCCCCCCCCCCCCCCCC1N(CCCCCCC)C=CN1CCCCCCC. The van der Waals surface area contributed by atoms with Gasteiger partial charge in [-0.3, -0.25) is 0 Å². The van der Waals surface area contributed by atoms with Crippen LogP contribution < -0.4 is 0 Å². The van der Waals surface area contributed by atoms with E-state index in [9.17, 15) is 0 Å². The van der Waals surface area contributed by atoms with E-state index in [1.165, 1.54) is 193 Å². The van der Waals surface area contributed by atoms with Crippen molar-refractivity contribution < 1.29 is 0 Å². The van der Waals surface area contributed by atoms with Gasteiger partial charge < -0.3 is 9.80 Å². The first-order valence-electron chi connectivity index (χ1n) is 18.0. The molecular weight excluding hydrogens is 460 g/mol. The summed E-state index contributed by atoms with van der Waals surface area (Å²) in [7, 11) is 0. The van der Waals surface area contributed by atoms with Crippen molar-refractivity contribution >= 4 is 0 Å². The molecule has 0 bridgehead atoms. The zero-order chi connectivity index (χ0) is 27.4. The Bertz CT molecular complexity index is 464. The van der Waals surface area contributed by atoms with Gasteiger partial charge in [0.15, 0.2) is 0 Å². The van der Waals surface area contributed by atoms with Gasteiger partial charge in [0.1, 0.15) is 6.17 Å². The van der Waals surface area contributed by atoms with Gasteiger partial charge in [0.25, 0.3) is 0 Å². The summed E-state index contributed by atoms with van der Waals surface area (Å²) < 4.78 is 0. The number of nitrogens with zero attached hydrogens (tertiary/aromatic N) is 2. The third-order valence-corrected chi connectivity index (χ3v) is 8.82. The van der Waals surface area contributed by atoms with E-state index < -0.39 is 0 Å². The Morgan fingerprint density at radius 1 is 0.342 bits per heavy atom. The zero-order valence-electron chi connectivity index (χ0n) is 26.8. The quantitative estimate of drug-likeness (QED) is 0.0848. The summed E-state index contributed by atoms with van der Waals surface area (Å²) in [5.41, 5.74) is 0. The molecule has 0 fully saturated rings. The maximum absolute atomic E-state index is 2.68. The minimum atomic E-state index is 0.642. The molecule has 226 valence electrons. The topological polar surface area (TPSA) is 6.48 Å². The Labute approximate surface area is 241 Å². The van der Waals surface area contributed by atoms with E-state index in [0.717, 1.165) is 0 Å². The molecule has 2 heteroatoms. The monoisotopic (exact) mass is 533 g/mol. The Morgan fingerprint density at radius 2 is 0.605 bits per heavy atom. The lowest BCUT2D eigenvalue weighted by atomic mass is 10.0. The molecule has 0 aromatic rings. The maximum Gasteiger partial charge on any atom is 0.101 e. The van der Waals surface area contributed by atoms with E-state index in [1.807, 2.05) is 0 Å². The van der Waals surface area contributed by atoms with Crippen LogP contribution in [0.25, 0.3) is 0 Å². The Morgan fingerprint density at radius 3 is 0.921 bits per heavy atom. The molecule has 2 nitrogen and oxygen atoms in total. The number of hydrogen-bond donors (Lipinski definition) is 0. The van der Waals surface area contributed by atoms with Crippen molar-refractivity contribution in [3.8, 4) is 0 Å². The van der Waals surface area contributed by atoms with Crippen LogP contribution in [0.4, 0.5) is 0 Å². The molecular formula is C36H72N2. The predicted molar refractivity (Wildman–Crippen MR) is 173 cm³/mol. The normalized spacial score (nSPS) is 13.9. The number of rotatable bonds is 30. The average Bonchev–Trinajstić information content (AvgIpc) is 3.31. The van der Waals surface area contributed by atoms with Crippen LogP contribution in [-0.4, -0.2) is 29.1 Å². The van der Waals surface area contributed by atoms with Gasteiger partial charge in [-0.2, -0.15) is 0 Å². The molecule has 38 heavy (non-hydrogen) atoms. The lowest BCUT2D eigenvalue weighted by molar-refractivity contribution is 0.135. The molecule has 0 saturated heterocycles. The zero-order valence-corrected chi connectivity index (χ0v) is 26.8. The summed E-state index contributed by atoms with van der Waals surface area (Å²) in [6.45, 7) is 9.46. The van der Waals surface area contributed by atoms with Gasteiger partial charge in [-0.25, -0.2) is 0 Å². The summed E-state index contributed by atoms with van der Waals surface area (Å²) in [5, 5.41) is 0. The van der Waals surface area contributed by atoms with Crippen LogP contribution in [0.3, 0.4) is 0 Å². The van der Waals surface area contributed by atoms with Crippen molar-refractivity contribution in [2.45, 2.75) is 207 Å². The highest BCUT2D eigenvalue weighted by atomic mass is 15.4. The molecule has 1 aliphatic heterocycles. The van der Waals surface area contributed by atoms with Crippen LogP contribution in [0.1, 0.15) is 201 Å². The molecule has 0 aromatic carbocycles. The first kappa shape index (κ1) is 35.4. The molecule has 0 N–H and O–H groups in total. The maximum atomic E-state index is 2.68. The Kier molecular flexibility index (Phi) is 26.0. The smallest absolute Gasteiger partial charge is 0.101 e. The fourth-order valence-electron chi connectivity index (χ4n) is 6.19. The number of hydrogen-bond acceptors (Lipinski definition) is 2. The van der Waals surface area contributed by atoms with Crippen LogP contribution >= 0.6 is 0 Å². The lowest BCUT2D eigenvalue weighted by Crippen LogP contribution is -2.39. The van der Waals surface area contributed by atoms with Gasteiger partial charge in [-0.15, -0.1) is 0 Å². The molecule has 0 unspecified atom stereocenters. The molecule has 1 rings (SSSR count). The van der Waals surface area contributed by atoms with Crippen molar-refractivity contribution in [3.63, 3.8) is 0 Å². The largest absolute Gasteiger partial charge is 0.356 e. The van der Waals surface area contributed by atoms with Crippen LogP contribution in [0.15, 0.2) is 12.4 Å². The van der Waals surface area contributed by atoms with Crippen LogP contribution in [0.5, 0.6) is 0 Å². The summed E-state index contributed by atoms with van der Waals surface area (Å²) >= 11 is 0. The highest BCUT2D eigenvalue weighted by molar-refractivity contribution is 4.97. The Hall–Kier alpha value is -0.660. The molecule has 0 saturated carbocycles. The molecule has 1 heterocycles. The van der Waals surface area contributed by atoms with Crippen molar-refractivity contribution in [2.24, 2.45) is 0 Å². The van der Waals surface area contributed by atoms with Crippen LogP contribution in [0, 0.1) is 0 Å². The van der Waals surface area contributed by atoms with E-state index in [-0.39, 0.29) is 0 Å². The molecule has 0 aliphatic carbocycles. The van der Waals surface area contributed by atoms with Gasteiger partial charge in [-0.05, 0) is 25.7 Å². The van der Waals surface area contributed by atoms with Crippen LogP contribution in [-0.2, 0) is 0 Å².